The van der Waals surface area contributed by atoms with Gasteiger partial charge in [0.1, 0.15) is 17.1 Å². The number of halogens is 8. The average molecular weight is 634 g/mol. The standard InChI is InChI=1S/C11H6F6I2O6S/c12-10(13,14)9(11(15,16)17,3-26(22,23)24)25-8(21)5-1-4(18)2-6(19)7(5)20/h1-2,20H,3H2,(H,22,23,24). The van der Waals surface area contributed by atoms with Gasteiger partial charge in [0.15, 0.2) is 0 Å². The number of alkyl halides is 6. The van der Waals surface area contributed by atoms with Crippen molar-refractivity contribution in [2.24, 2.45) is 0 Å². The summed E-state index contributed by atoms with van der Waals surface area (Å²) in [4.78, 5) is 11.9. The number of carbonyl (C=O) groups excluding carboxylic acids is 1. The molecule has 0 bridgehead atoms. The zero-order valence-corrected chi connectivity index (χ0v) is 17.0. The molecule has 1 aromatic rings. The minimum atomic E-state index is -6.44. The van der Waals surface area contributed by atoms with E-state index in [-0.39, 0.29) is 7.14 Å². The van der Waals surface area contributed by atoms with Crippen LogP contribution in [0, 0.1) is 7.14 Å². The van der Waals surface area contributed by atoms with Crippen LogP contribution in [0.3, 0.4) is 0 Å². The van der Waals surface area contributed by atoms with E-state index in [1.807, 2.05) is 0 Å². The predicted octanol–water partition coefficient (Wildman–Crippen LogP) is 3.51. The fraction of sp³-hybridized carbons (Fsp3) is 0.364. The van der Waals surface area contributed by atoms with Crippen LogP contribution in [-0.2, 0) is 14.9 Å². The van der Waals surface area contributed by atoms with E-state index in [1.165, 1.54) is 28.7 Å². The van der Waals surface area contributed by atoms with E-state index in [2.05, 4.69) is 4.74 Å². The highest BCUT2D eigenvalue weighted by Crippen LogP contribution is 2.47. The molecule has 0 heterocycles. The Kier molecular flexibility index (Phi) is 6.73. The van der Waals surface area contributed by atoms with Gasteiger partial charge in [-0.05, 0) is 57.3 Å². The monoisotopic (exact) mass is 634 g/mol. The highest BCUT2D eigenvalue weighted by molar-refractivity contribution is 14.1. The number of aromatic hydroxyl groups is 1. The summed E-state index contributed by atoms with van der Waals surface area (Å²) in [6, 6.07) is 2.00. The molecule has 26 heavy (non-hydrogen) atoms. The maximum Gasteiger partial charge on any atom is 0.438 e. The van der Waals surface area contributed by atoms with E-state index in [4.69, 9.17) is 4.55 Å². The molecule has 0 aliphatic carbocycles. The molecule has 0 fully saturated rings. The van der Waals surface area contributed by atoms with Gasteiger partial charge >= 0.3 is 23.9 Å². The lowest BCUT2D eigenvalue weighted by molar-refractivity contribution is -0.356. The Hall–Kier alpha value is -0.560. The molecule has 15 heteroatoms. The first-order chi connectivity index (χ1) is 11.4. The maximum atomic E-state index is 13.1. The van der Waals surface area contributed by atoms with Crippen LogP contribution in [0.15, 0.2) is 12.1 Å². The lowest BCUT2D eigenvalue weighted by Crippen LogP contribution is -2.63. The van der Waals surface area contributed by atoms with Gasteiger partial charge in [0.2, 0.25) is 0 Å². The summed E-state index contributed by atoms with van der Waals surface area (Å²) in [5.41, 5.74) is -6.58. The number of hydrogen-bond acceptors (Lipinski definition) is 5. The number of ether oxygens (including phenoxy) is 1. The zero-order chi connectivity index (χ0) is 20.7. The summed E-state index contributed by atoms with van der Waals surface area (Å²) >= 11 is 3.03. The predicted molar refractivity (Wildman–Crippen MR) is 90.2 cm³/mol. The highest BCUT2D eigenvalue weighted by Gasteiger charge is 2.76. The second-order valence-electron chi connectivity index (χ2n) is 4.72. The number of hydrogen-bond donors (Lipinski definition) is 2. The van der Waals surface area contributed by atoms with Gasteiger partial charge in [-0.15, -0.1) is 0 Å². The largest absolute Gasteiger partial charge is 0.506 e. The van der Waals surface area contributed by atoms with Crippen molar-refractivity contribution in [1.82, 2.24) is 0 Å². The van der Waals surface area contributed by atoms with Crippen LogP contribution in [0.25, 0.3) is 0 Å². The van der Waals surface area contributed by atoms with Gasteiger partial charge in [-0.3, -0.25) is 4.55 Å². The topological polar surface area (TPSA) is 101 Å². The molecule has 0 unspecified atom stereocenters. The quantitative estimate of drug-likeness (QED) is 0.228. The minimum absolute atomic E-state index is 0.0825. The van der Waals surface area contributed by atoms with E-state index >= 15 is 0 Å². The molecule has 0 aliphatic heterocycles. The van der Waals surface area contributed by atoms with Gasteiger partial charge in [-0.25, -0.2) is 4.79 Å². The summed E-state index contributed by atoms with van der Waals surface area (Å²) in [6.45, 7) is 0. The summed E-state index contributed by atoms with van der Waals surface area (Å²) in [5.74, 6) is -6.24. The maximum absolute atomic E-state index is 13.1. The van der Waals surface area contributed by atoms with Gasteiger partial charge in [0.05, 0.1) is 3.57 Å². The van der Waals surface area contributed by atoms with Crippen LogP contribution in [-0.4, -0.2) is 47.8 Å². The molecule has 0 aliphatic rings. The first-order valence-electron chi connectivity index (χ1n) is 5.91. The van der Waals surface area contributed by atoms with Gasteiger partial charge in [0, 0.05) is 3.57 Å². The molecule has 148 valence electrons. The smallest absolute Gasteiger partial charge is 0.438 e. The van der Waals surface area contributed by atoms with Gasteiger partial charge < -0.3 is 9.84 Å². The van der Waals surface area contributed by atoms with Gasteiger partial charge in [-0.2, -0.15) is 34.8 Å². The molecular formula is C11H6F6I2O6S. The van der Waals surface area contributed by atoms with Gasteiger partial charge in [-0.1, -0.05) is 0 Å². The van der Waals surface area contributed by atoms with E-state index in [9.17, 15) is 44.7 Å². The summed E-state index contributed by atoms with van der Waals surface area (Å²) in [5, 5.41) is 9.69. The Morgan fingerprint density at radius 3 is 1.92 bits per heavy atom. The van der Waals surface area contributed by atoms with Crippen LogP contribution in [0.5, 0.6) is 5.75 Å². The number of phenols is 1. The van der Waals surface area contributed by atoms with Crippen molar-refractivity contribution in [1.29, 1.82) is 0 Å². The molecule has 0 saturated carbocycles. The van der Waals surface area contributed by atoms with E-state index < -0.39 is 51.1 Å². The molecule has 0 amide bonds. The summed E-state index contributed by atoms with van der Waals surface area (Å²) in [6.07, 6.45) is -12.9. The van der Waals surface area contributed by atoms with Crippen molar-refractivity contribution in [3.05, 3.63) is 24.8 Å². The van der Waals surface area contributed by atoms with Crippen LogP contribution >= 0.6 is 45.2 Å². The highest BCUT2D eigenvalue weighted by atomic mass is 127. The van der Waals surface area contributed by atoms with Crippen LogP contribution in [0.2, 0.25) is 0 Å². The molecule has 6 nitrogen and oxygen atoms in total. The Labute approximate surface area is 168 Å². The molecule has 2 N–H and O–H groups in total. The SMILES string of the molecule is O=C(OC(CS(=O)(=O)O)(C(F)(F)F)C(F)(F)F)c1cc(I)cc(I)c1O. The molecule has 0 aromatic heterocycles. The summed E-state index contributed by atoms with van der Waals surface area (Å²) < 4.78 is 112. The number of rotatable bonds is 4. The van der Waals surface area contributed by atoms with Crippen LogP contribution < -0.4 is 0 Å². The fourth-order valence-corrected chi connectivity index (χ4v) is 4.41. The Morgan fingerprint density at radius 1 is 1.08 bits per heavy atom. The van der Waals surface area contributed by atoms with Crippen molar-refractivity contribution in [3.63, 3.8) is 0 Å². The van der Waals surface area contributed by atoms with Crippen molar-refractivity contribution in [2.45, 2.75) is 18.0 Å². The lowest BCUT2D eigenvalue weighted by atomic mass is 10.1. The van der Waals surface area contributed by atoms with Crippen molar-refractivity contribution >= 4 is 61.3 Å². The summed E-state index contributed by atoms with van der Waals surface area (Å²) in [7, 11) is -5.89. The second kappa shape index (κ2) is 7.46. The normalized spacial score (nSPS) is 13.6. The minimum Gasteiger partial charge on any atom is -0.506 e. The first-order valence-corrected chi connectivity index (χ1v) is 9.68. The Balaban J connectivity index is 3.58. The average Bonchev–Trinajstić information content (AvgIpc) is 2.37. The number of carbonyl (C=O) groups is 1. The van der Waals surface area contributed by atoms with E-state index in [1.54, 1.807) is 22.6 Å². The molecule has 1 aromatic carbocycles. The van der Waals surface area contributed by atoms with Crippen molar-refractivity contribution in [2.75, 3.05) is 5.75 Å². The van der Waals surface area contributed by atoms with Crippen LogP contribution in [0.1, 0.15) is 10.4 Å². The molecule has 0 radical (unpaired) electrons. The first kappa shape index (κ1) is 23.5. The Morgan fingerprint density at radius 2 is 1.54 bits per heavy atom. The number of esters is 1. The van der Waals surface area contributed by atoms with Crippen LogP contribution in [0.4, 0.5) is 26.3 Å². The fourth-order valence-electron chi connectivity index (χ4n) is 1.66. The van der Waals surface area contributed by atoms with E-state index in [0.29, 0.717) is 0 Å². The third kappa shape index (κ3) is 5.03. The molecule has 0 saturated heterocycles. The van der Waals surface area contributed by atoms with Gasteiger partial charge in [0.25, 0.3) is 10.1 Å². The van der Waals surface area contributed by atoms with E-state index in [0.717, 1.165) is 6.07 Å². The van der Waals surface area contributed by atoms with Crippen molar-refractivity contribution in [3.8, 4) is 5.75 Å². The second-order valence-corrected chi connectivity index (χ2v) is 8.58. The number of phenolic OH excluding ortho intramolecular Hbond substituents is 1. The number of benzene rings is 1. The third-order valence-corrected chi connectivity index (χ3v) is 5.03. The van der Waals surface area contributed by atoms with Crippen molar-refractivity contribution < 1.29 is 54.0 Å². The molecular weight excluding hydrogens is 628 g/mol. The Bertz CT molecular complexity index is 806. The third-order valence-electron chi connectivity index (χ3n) is 2.82. The molecule has 0 atom stereocenters. The molecule has 1 rings (SSSR count). The zero-order valence-electron chi connectivity index (χ0n) is 11.8. The lowest BCUT2D eigenvalue weighted by Gasteiger charge is -2.35. The molecule has 0 spiro atoms.